The van der Waals surface area contributed by atoms with Crippen LogP contribution in [-0.4, -0.2) is 24.5 Å². The Kier molecular flexibility index (Phi) is 7.68. The monoisotopic (exact) mass is 384 g/mol. The van der Waals surface area contributed by atoms with Crippen molar-refractivity contribution in [3.8, 4) is 11.5 Å². The zero-order valence-electron chi connectivity index (χ0n) is 16.5. The van der Waals surface area contributed by atoms with E-state index in [2.05, 4.69) is 16.0 Å². The Balaban J connectivity index is 2.22. The SMILES string of the molecule is CCNC(=O)c1cc(NC(=O)NC(CC)CC)ccc1Oc1ccc(N)cc1. The molecular weight excluding hydrogens is 356 g/mol. The highest BCUT2D eigenvalue weighted by Crippen LogP contribution is 2.28. The summed E-state index contributed by atoms with van der Waals surface area (Å²) in [5.74, 6) is 0.672. The predicted octanol–water partition coefficient (Wildman–Crippen LogP) is 4.12. The maximum Gasteiger partial charge on any atom is 0.319 e. The summed E-state index contributed by atoms with van der Waals surface area (Å²) in [5, 5.41) is 8.44. The zero-order chi connectivity index (χ0) is 20.5. The van der Waals surface area contributed by atoms with Crippen molar-refractivity contribution in [2.75, 3.05) is 17.6 Å². The fourth-order valence-corrected chi connectivity index (χ4v) is 2.64. The number of ether oxygens (including phenoxy) is 1. The van der Waals surface area contributed by atoms with Gasteiger partial charge < -0.3 is 26.4 Å². The molecule has 5 N–H and O–H groups in total. The van der Waals surface area contributed by atoms with E-state index in [0.29, 0.717) is 35.0 Å². The topological polar surface area (TPSA) is 105 Å². The molecule has 0 aliphatic carbocycles. The van der Waals surface area contributed by atoms with Crippen molar-refractivity contribution in [3.63, 3.8) is 0 Å². The van der Waals surface area contributed by atoms with Crippen LogP contribution in [0.1, 0.15) is 44.0 Å². The molecule has 0 radical (unpaired) electrons. The Morgan fingerprint density at radius 1 is 1.04 bits per heavy atom. The smallest absolute Gasteiger partial charge is 0.319 e. The molecule has 0 spiro atoms. The molecule has 0 aliphatic rings. The third kappa shape index (κ3) is 5.90. The number of carbonyl (C=O) groups is 2. The minimum absolute atomic E-state index is 0.107. The molecule has 2 aromatic rings. The minimum atomic E-state index is -0.303. The second-order valence-corrected chi connectivity index (χ2v) is 6.35. The van der Waals surface area contributed by atoms with Crippen LogP contribution in [0.15, 0.2) is 42.5 Å². The summed E-state index contributed by atoms with van der Waals surface area (Å²) < 4.78 is 5.85. The van der Waals surface area contributed by atoms with Crippen molar-refractivity contribution in [3.05, 3.63) is 48.0 Å². The third-order valence-corrected chi connectivity index (χ3v) is 4.25. The van der Waals surface area contributed by atoms with Gasteiger partial charge in [0.15, 0.2) is 0 Å². The molecule has 0 atom stereocenters. The van der Waals surface area contributed by atoms with Gasteiger partial charge in [0.05, 0.1) is 5.56 Å². The highest BCUT2D eigenvalue weighted by Gasteiger charge is 2.15. The summed E-state index contributed by atoms with van der Waals surface area (Å²) in [6, 6.07) is 11.7. The van der Waals surface area contributed by atoms with E-state index >= 15 is 0 Å². The first-order valence-electron chi connectivity index (χ1n) is 9.49. The number of urea groups is 1. The molecule has 0 fully saturated rings. The third-order valence-electron chi connectivity index (χ3n) is 4.25. The van der Waals surface area contributed by atoms with Gasteiger partial charge in [-0.25, -0.2) is 4.79 Å². The summed E-state index contributed by atoms with van der Waals surface area (Å²) in [4.78, 5) is 24.7. The summed E-state index contributed by atoms with van der Waals surface area (Å²) in [6.45, 7) is 6.35. The molecule has 0 unspecified atom stereocenters. The van der Waals surface area contributed by atoms with Crippen LogP contribution in [0.3, 0.4) is 0 Å². The average Bonchev–Trinajstić information content (AvgIpc) is 2.69. The molecule has 28 heavy (non-hydrogen) atoms. The molecule has 2 rings (SSSR count). The molecule has 150 valence electrons. The quantitative estimate of drug-likeness (QED) is 0.514. The highest BCUT2D eigenvalue weighted by molar-refractivity contribution is 5.99. The molecule has 0 saturated heterocycles. The Labute approximate surface area is 165 Å². The molecule has 7 heteroatoms. The molecule has 0 bridgehead atoms. The second-order valence-electron chi connectivity index (χ2n) is 6.35. The van der Waals surface area contributed by atoms with Gasteiger partial charge in [0.25, 0.3) is 5.91 Å². The van der Waals surface area contributed by atoms with Crippen molar-refractivity contribution >= 4 is 23.3 Å². The number of amides is 3. The van der Waals surface area contributed by atoms with Crippen LogP contribution in [-0.2, 0) is 0 Å². The van der Waals surface area contributed by atoms with Crippen LogP contribution in [0.5, 0.6) is 11.5 Å². The number of benzene rings is 2. The summed E-state index contributed by atoms with van der Waals surface area (Å²) in [5.41, 5.74) is 7.16. The molecular formula is C21H28N4O3. The van der Waals surface area contributed by atoms with Crippen LogP contribution in [0, 0.1) is 0 Å². The lowest BCUT2D eigenvalue weighted by Gasteiger charge is -2.17. The lowest BCUT2D eigenvalue weighted by atomic mass is 10.1. The maximum absolute atomic E-state index is 12.5. The van der Waals surface area contributed by atoms with Gasteiger partial charge >= 0.3 is 6.03 Å². The van der Waals surface area contributed by atoms with Gasteiger partial charge in [0.2, 0.25) is 0 Å². The fourth-order valence-electron chi connectivity index (χ4n) is 2.64. The number of hydrogen-bond donors (Lipinski definition) is 4. The van der Waals surface area contributed by atoms with E-state index in [4.69, 9.17) is 10.5 Å². The van der Waals surface area contributed by atoms with E-state index in [1.54, 1.807) is 42.5 Å². The standard InChI is InChI=1S/C21H28N4O3/c1-4-15(5-2)24-21(27)25-16-9-12-19(18(13-16)20(26)23-6-3)28-17-10-7-14(22)8-11-17/h7-13,15H,4-6,22H2,1-3H3,(H,23,26)(H2,24,25,27). The van der Waals surface area contributed by atoms with E-state index in [1.807, 2.05) is 20.8 Å². The first kappa shape index (κ1) is 21.1. The van der Waals surface area contributed by atoms with Crippen LogP contribution in [0.25, 0.3) is 0 Å². The van der Waals surface area contributed by atoms with Gasteiger partial charge in [0.1, 0.15) is 11.5 Å². The van der Waals surface area contributed by atoms with Crippen LogP contribution >= 0.6 is 0 Å². The van der Waals surface area contributed by atoms with E-state index in [0.717, 1.165) is 12.8 Å². The Morgan fingerprint density at radius 3 is 2.32 bits per heavy atom. The number of nitrogens with two attached hydrogens (primary N) is 1. The van der Waals surface area contributed by atoms with E-state index in [-0.39, 0.29) is 18.0 Å². The fraction of sp³-hybridized carbons (Fsp3) is 0.333. The molecule has 0 heterocycles. The molecule has 0 aromatic heterocycles. The Hall–Kier alpha value is -3.22. The first-order valence-corrected chi connectivity index (χ1v) is 9.49. The molecule has 0 aliphatic heterocycles. The average molecular weight is 384 g/mol. The van der Waals surface area contributed by atoms with Gasteiger partial charge in [-0.3, -0.25) is 4.79 Å². The van der Waals surface area contributed by atoms with Gasteiger partial charge in [-0.15, -0.1) is 0 Å². The largest absolute Gasteiger partial charge is 0.457 e. The number of nitrogen functional groups attached to an aromatic ring is 1. The lowest BCUT2D eigenvalue weighted by molar-refractivity contribution is 0.0953. The summed E-state index contributed by atoms with van der Waals surface area (Å²) in [7, 11) is 0. The van der Waals surface area contributed by atoms with Crippen molar-refractivity contribution in [2.45, 2.75) is 39.7 Å². The summed E-state index contributed by atoms with van der Waals surface area (Å²) >= 11 is 0. The first-order chi connectivity index (χ1) is 13.5. The van der Waals surface area contributed by atoms with Crippen molar-refractivity contribution in [2.24, 2.45) is 0 Å². The van der Waals surface area contributed by atoms with Crippen LogP contribution in [0.2, 0.25) is 0 Å². The van der Waals surface area contributed by atoms with Crippen molar-refractivity contribution in [1.82, 2.24) is 10.6 Å². The van der Waals surface area contributed by atoms with Crippen LogP contribution in [0.4, 0.5) is 16.2 Å². The molecule has 0 saturated carbocycles. The van der Waals surface area contributed by atoms with Gasteiger partial charge in [0, 0.05) is 24.0 Å². The van der Waals surface area contributed by atoms with E-state index < -0.39 is 0 Å². The lowest BCUT2D eigenvalue weighted by Crippen LogP contribution is -2.37. The zero-order valence-corrected chi connectivity index (χ0v) is 16.5. The van der Waals surface area contributed by atoms with Crippen LogP contribution < -0.4 is 26.4 Å². The number of carbonyl (C=O) groups excluding carboxylic acids is 2. The molecule has 7 nitrogen and oxygen atoms in total. The highest BCUT2D eigenvalue weighted by atomic mass is 16.5. The van der Waals surface area contributed by atoms with E-state index in [9.17, 15) is 9.59 Å². The number of hydrogen-bond acceptors (Lipinski definition) is 4. The van der Waals surface area contributed by atoms with Gasteiger partial charge in [-0.05, 0) is 62.2 Å². The number of rotatable bonds is 8. The number of anilines is 2. The maximum atomic E-state index is 12.5. The van der Waals surface area contributed by atoms with Gasteiger partial charge in [-0.2, -0.15) is 0 Å². The normalized spacial score (nSPS) is 10.4. The Morgan fingerprint density at radius 2 is 1.71 bits per heavy atom. The Bertz CT molecular complexity index is 802. The minimum Gasteiger partial charge on any atom is -0.457 e. The summed E-state index contributed by atoms with van der Waals surface area (Å²) in [6.07, 6.45) is 1.70. The predicted molar refractivity (Wildman–Crippen MR) is 112 cm³/mol. The van der Waals surface area contributed by atoms with Crippen molar-refractivity contribution < 1.29 is 14.3 Å². The second kappa shape index (κ2) is 10.2. The molecule has 2 aromatic carbocycles. The van der Waals surface area contributed by atoms with Gasteiger partial charge in [-0.1, -0.05) is 13.8 Å². The van der Waals surface area contributed by atoms with E-state index in [1.165, 1.54) is 0 Å². The number of nitrogens with one attached hydrogen (secondary N) is 3. The van der Waals surface area contributed by atoms with Crippen molar-refractivity contribution in [1.29, 1.82) is 0 Å². The molecule has 3 amide bonds.